The van der Waals surface area contributed by atoms with Crippen molar-refractivity contribution in [3.05, 3.63) is 42.1 Å². The molecule has 1 aromatic heterocycles. The molecule has 0 radical (unpaired) electrons. The fourth-order valence-electron chi connectivity index (χ4n) is 1.29. The molecule has 2 aromatic rings. The van der Waals surface area contributed by atoms with E-state index >= 15 is 0 Å². The van der Waals surface area contributed by atoms with E-state index in [1.165, 1.54) is 0 Å². The summed E-state index contributed by atoms with van der Waals surface area (Å²) in [6.45, 7) is 5.57. The van der Waals surface area contributed by atoms with Gasteiger partial charge in [0.2, 0.25) is 0 Å². The van der Waals surface area contributed by atoms with Crippen LogP contribution in [-0.2, 0) is 0 Å². The van der Waals surface area contributed by atoms with Crippen molar-refractivity contribution in [1.82, 2.24) is 4.98 Å². The molecular formula is C13H15NO. The lowest BCUT2D eigenvalue weighted by Gasteiger charge is -1.98. The third-order valence-electron chi connectivity index (χ3n) is 2.01. The number of pyridine rings is 1. The summed E-state index contributed by atoms with van der Waals surface area (Å²) in [5, 5.41) is 1.01. The van der Waals surface area contributed by atoms with Crippen LogP contribution in [0.5, 0.6) is 0 Å². The molecule has 0 atom stereocenters. The van der Waals surface area contributed by atoms with Crippen molar-refractivity contribution < 1.29 is 4.79 Å². The molecule has 0 N–H and O–H groups in total. The highest BCUT2D eigenvalue weighted by atomic mass is 16.1. The topological polar surface area (TPSA) is 30.0 Å². The van der Waals surface area contributed by atoms with Crippen LogP contribution < -0.4 is 0 Å². The van der Waals surface area contributed by atoms with Gasteiger partial charge in [-0.15, -0.1) is 0 Å². The van der Waals surface area contributed by atoms with Gasteiger partial charge < -0.3 is 0 Å². The zero-order valence-electron chi connectivity index (χ0n) is 9.32. The van der Waals surface area contributed by atoms with Crippen molar-refractivity contribution in [3.8, 4) is 0 Å². The van der Waals surface area contributed by atoms with E-state index in [2.05, 4.69) is 4.98 Å². The predicted octanol–water partition coefficient (Wildman–Crippen LogP) is 3.46. The number of ketones is 1. The number of Topliss-reactive ketones (excluding diaryl/α,β-unsaturated/α-hetero) is 1. The minimum Gasteiger partial charge on any atom is -0.295 e. The van der Waals surface area contributed by atoms with Crippen LogP contribution in [0.25, 0.3) is 10.9 Å². The first-order chi connectivity index (χ1) is 7.27. The van der Waals surface area contributed by atoms with Crippen molar-refractivity contribution in [2.75, 3.05) is 0 Å². The minimum atomic E-state index is 0.0887. The van der Waals surface area contributed by atoms with E-state index in [9.17, 15) is 4.79 Å². The molecule has 2 rings (SSSR count). The Bertz CT molecular complexity index is 463. The molecule has 0 spiro atoms. The molecule has 0 fully saturated rings. The minimum absolute atomic E-state index is 0.0887. The maximum absolute atomic E-state index is 11.1. The molecule has 78 valence electrons. The van der Waals surface area contributed by atoms with Gasteiger partial charge in [0.1, 0.15) is 0 Å². The number of benzene rings is 1. The van der Waals surface area contributed by atoms with E-state index in [0.29, 0.717) is 0 Å². The largest absolute Gasteiger partial charge is 0.295 e. The van der Waals surface area contributed by atoms with Crippen LogP contribution in [0, 0.1) is 0 Å². The summed E-state index contributed by atoms with van der Waals surface area (Å²) in [6.07, 6.45) is 1.75. The van der Waals surface area contributed by atoms with Crippen molar-refractivity contribution in [3.63, 3.8) is 0 Å². The van der Waals surface area contributed by atoms with Gasteiger partial charge in [-0.1, -0.05) is 19.9 Å². The average Bonchev–Trinajstić information content (AvgIpc) is 2.31. The summed E-state index contributed by atoms with van der Waals surface area (Å²) in [5.41, 5.74) is 1.66. The number of rotatable bonds is 1. The van der Waals surface area contributed by atoms with Gasteiger partial charge in [-0.05, 0) is 31.2 Å². The normalized spacial score (nSPS) is 9.27. The lowest BCUT2D eigenvalue weighted by atomic mass is 10.1. The van der Waals surface area contributed by atoms with Crippen LogP contribution in [0.1, 0.15) is 31.1 Å². The van der Waals surface area contributed by atoms with Gasteiger partial charge in [-0.25, -0.2) is 0 Å². The molecule has 0 aliphatic heterocycles. The van der Waals surface area contributed by atoms with Crippen LogP contribution in [0.15, 0.2) is 36.5 Å². The molecule has 0 aliphatic rings. The molecule has 0 amide bonds. The third kappa shape index (κ3) is 2.62. The lowest BCUT2D eigenvalue weighted by Crippen LogP contribution is -1.91. The predicted molar refractivity (Wildman–Crippen MR) is 63.1 cm³/mol. The zero-order valence-corrected chi connectivity index (χ0v) is 9.32. The highest BCUT2D eigenvalue weighted by molar-refractivity contribution is 5.97. The maximum Gasteiger partial charge on any atom is 0.159 e. The summed E-state index contributed by atoms with van der Waals surface area (Å²) in [5.74, 6) is 0.0887. The van der Waals surface area contributed by atoms with Crippen molar-refractivity contribution in [2.24, 2.45) is 0 Å². The first-order valence-corrected chi connectivity index (χ1v) is 5.13. The van der Waals surface area contributed by atoms with Crippen LogP contribution in [0.2, 0.25) is 0 Å². The van der Waals surface area contributed by atoms with Crippen molar-refractivity contribution in [1.29, 1.82) is 0 Å². The quantitative estimate of drug-likeness (QED) is 0.661. The molecule has 2 heteroatoms. The molecule has 0 saturated carbocycles. The number of hydrogen-bond acceptors (Lipinski definition) is 2. The summed E-state index contributed by atoms with van der Waals surface area (Å²) >= 11 is 0. The van der Waals surface area contributed by atoms with Crippen LogP contribution in [0.4, 0.5) is 0 Å². The summed E-state index contributed by atoms with van der Waals surface area (Å²) in [7, 11) is 0. The van der Waals surface area contributed by atoms with Crippen LogP contribution in [-0.4, -0.2) is 10.8 Å². The Balaban J connectivity index is 0.000000531. The smallest absolute Gasteiger partial charge is 0.159 e. The van der Waals surface area contributed by atoms with Gasteiger partial charge in [-0.2, -0.15) is 0 Å². The number of fused-ring (bicyclic) bond motifs is 1. The third-order valence-corrected chi connectivity index (χ3v) is 2.01. The molecule has 0 saturated heterocycles. The molecule has 2 nitrogen and oxygen atoms in total. The molecule has 0 unspecified atom stereocenters. The van der Waals surface area contributed by atoms with E-state index in [4.69, 9.17) is 0 Å². The summed E-state index contributed by atoms with van der Waals surface area (Å²) in [4.78, 5) is 15.2. The first kappa shape index (κ1) is 11.4. The second kappa shape index (κ2) is 5.25. The van der Waals surface area contributed by atoms with Gasteiger partial charge in [0.25, 0.3) is 0 Å². The molecule has 15 heavy (non-hydrogen) atoms. The number of aromatic nitrogens is 1. The van der Waals surface area contributed by atoms with Gasteiger partial charge in [0.15, 0.2) is 5.78 Å². The van der Waals surface area contributed by atoms with Crippen molar-refractivity contribution >= 4 is 16.7 Å². The summed E-state index contributed by atoms with van der Waals surface area (Å²) in [6, 6.07) is 9.36. The monoisotopic (exact) mass is 201 g/mol. The fraction of sp³-hybridized carbons (Fsp3) is 0.231. The van der Waals surface area contributed by atoms with E-state index in [1.54, 1.807) is 19.2 Å². The SMILES string of the molecule is CC.CC(=O)c1ccc2ncccc2c1. The Morgan fingerprint density at radius 2 is 1.93 bits per heavy atom. The highest BCUT2D eigenvalue weighted by Gasteiger charge is 1.99. The second-order valence-corrected chi connectivity index (χ2v) is 2.97. The van der Waals surface area contributed by atoms with Gasteiger partial charge in [0.05, 0.1) is 5.52 Å². The highest BCUT2D eigenvalue weighted by Crippen LogP contribution is 2.13. The van der Waals surface area contributed by atoms with Gasteiger partial charge >= 0.3 is 0 Å². The zero-order chi connectivity index (χ0) is 11.3. The second-order valence-electron chi connectivity index (χ2n) is 2.97. The number of carbonyl (C=O) groups is 1. The maximum atomic E-state index is 11.1. The van der Waals surface area contributed by atoms with E-state index in [1.807, 2.05) is 38.1 Å². The van der Waals surface area contributed by atoms with E-state index in [-0.39, 0.29) is 5.78 Å². The Kier molecular flexibility index (Phi) is 3.98. The molecule has 0 aliphatic carbocycles. The van der Waals surface area contributed by atoms with E-state index in [0.717, 1.165) is 16.5 Å². The van der Waals surface area contributed by atoms with Crippen molar-refractivity contribution in [2.45, 2.75) is 20.8 Å². The van der Waals surface area contributed by atoms with E-state index < -0.39 is 0 Å². The molecule has 1 aromatic carbocycles. The summed E-state index contributed by atoms with van der Waals surface area (Å²) < 4.78 is 0. The molecular weight excluding hydrogens is 186 g/mol. The molecule has 1 heterocycles. The number of hydrogen-bond donors (Lipinski definition) is 0. The Morgan fingerprint density at radius 1 is 1.20 bits per heavy atom. The fourth-order valence-corrected chi connectivity index (χ4v) is 1.29. The molecule has 0 bridgehead atoms. The van der Waals surface area contributed by atoms with Gasteiger partial charge in [-0.3, -0.25) is 9.78 Å². The number of carbonyl (C=O) groups excluding carboxylic acids is 1. The number of nitrogens with zero attached hydrogens (tertiary/aromatic N) is 1. The Morgan fingerprint density at radius 3 is 2.60 bits per heavy atom. The Hall–Kier alpha value is -1.70. The van der Waals surface area contributed by atoms with Crippen LogP contribution >= 0.6 is 0 Å². The van der Waals surface area contributed by atoms with Crippen LogP contribution in [0.3, 0.4) is 0 Å². The Labute approximate surface area is 90.0 Å². The standard InChI is InChI=1S/C11H9NO.C2H6/c1-8(13)9-4-5-11-10(7-9)3-2-6-12-11;1-2/h2-7H,1H3;1-2H3. The average molecular weight is 201 g/mol. The first-order valence-electron chi connectivity index (χ1n) is 5.13. The lowest BCUT2D eigenvalue weighted by molar-refractivity contribution is 0.101. The van der Waals surface area contributed by atoms with Gasteiger partial charge in [0, 0.05) is 17.1 Å².